The number of nitrogens with one attached hydrogen (secondary N) is 1. The van der Waals surface area contributed by atoms with Crippen molar-refractivity contribution in [2.24, 2.45) is 5.92 Å². The van der Waals surface area contributed by atoms with Crippen LogP contribution in [-0.4, -0.2) is 36.9 Å². The van der Waals surface area contributed by atoms with Crippen molar-refractivity contribution in [1.29, 1.82) is 0 Å². The molecule has 2 heterocycles. The summed E-state index contributed by atoms with van der Waals surface area (Å²) in [5, 5.41) is 4.36. The minimum absolute atomic E-state index is 0.115. The fourth-order valence-electron chi connectivity index (χ4n) is 4.63. The van der Waals surface area contributed by atoms with Crippen LogP contribution in [0.3, 0.4) is 0 Å². The molecule has 10 heteroatoms. The molecule has 2 aromatic carbocycles. The van der Waals surface area contributed by atoms with Gasteiger partial charge in [0.05, 0.1) is 17.9 Å². The van der Waals surface area contributed by atoms with Crippen molar-refractivity contribution in [3.05, 3.63) is 59.5 Å². The monoisotopic (exact) mass is 544 g/mol. The number of carbonyl (C=O) groups excluding carboxylic acids is 1. The van der Waals surface area contributed by atoms with E-state index in [9.17, 15) is 18.0 Å². The third kappa shape index (κ3) is 6.30. The maximum atomic E-state index is 14.1. The largest absolute Gasteiger partial charge is 0.493 e. The van der Waals surface area contributed by atoms with Crippen LogP contribution in [-0.2, 0) is 4.79 Å². The number of aromatic nitrogens is 1. The van der Waals surface area contributed by atoms with Gasteiger partial charge in [-0.15, -0.1) is 11.3 Å². The van der Waals surface area contributed by atoms with Gasteiger partial charge in [0.2, 0.25) is 0 Å². The van der Waals surface area contributed by atoms with E-state index in [0.29, 0.717) is 49.0 Å². The number of anilines is 1. The zero-order valence-electron chi connectivity index (χ0n) is 20.6. The van der Waals surface area contributed by atoms with Crippen LogP contribution in [0.1, 0.15) is 37.7 Å². The van der Waals surface area contributed by atoms with Crippen LogP contribution < -0.4 is 19.5 Å². The Morgan fingerprint density at radius 1 is 1.08 bits per heavy atom. The predicted molar refractivity (Wildman–Crippen MR) is 140 cm³/mol. The van der Waals surface area contributed by atoms with Crippen LogP contribution in [0.2, 0.25) is 0 Å². The number of hydrogen-bond donors (Lipinski definition) is 1. The highest BCUT2D eigenvalue weighted by molar-refractivity contribution is 7.14. The van der Waals surface area contributed by atoms with Crippen LogP contribution in [0.4, 0.5) is 18.3 Å². The van der Waals surface area contributed by atoms with E-state index in [4.69, 9.17) is 14.2 Å². The Hall–Kier alpha value is -3.53. The van der Waals surface area contributed by atoms with Gasteiger partial charge in [-0.05, 0) is 43.0 Å². The zero-order chi connectivity index (χ0) is 26.5. The lowest BCUT2D eigenvalue weighted by Crippen LogP contribution is -2.18. The SMILES string of the molecule is O=C(/C=C(\c1ccccc1OCC1CCCCC1)C(F)(F)F)Nc1nc(-c2ccc3c(c2)OCCO3)cs1. The van der Waals surface area contributed by atoms with Crippen LogP contribution in [0.25, 0.3) is 16.8 Å². The van der Waals surface area contributed by atoms with Crippen LogP contribution in [0, 0.1) is 5.92 Å². The average molecular weight is 545 g/mol. The number of thiazole rings is 1. The number of nitrogens with zero attached hydrogens (tertiary/aromatic N) is 1. The van der Waals surface area contributed by atoms with Gasteiger partial charge in [-0.25, -0.2) is 4.98 Å². The Balaban J connectivity index is 1.32. The lowest BCUT2D eigenvalue weighted by Gasteiger charge is -2.23. The van der Waals surface area contributed by atoms with Gasteiger partial charge in [0, 0.05) is 22.6 Å². The van der Waals surface area contributed by atoms with Crippen molar-refractivity contribution in [1.82, 2.24) is 4.98 Å². The Bertz CT molecular complexity index is 1320. The Kier molecular flexibility index (Phi) is 7.87. The number of para-hydroxylation sites is 1. The summed E-state index contributed by atoms with van der Waals surface area (Å²) >= 11 is 1.12. The standard InChI is InChI=1S/C28H27F3N2O4S/c29-28(30,31)21(20-8-4-5-9-23(20)37-16-18-6-2-1-3-7-18)15-26(34)33-27-32-22(17-38-27)19-10-11-24-25(14-19)36-13-12-35-24/h4-5,8-11,14-15,17-18H,1-3,6-7,12-13,16H2,(H,32,33,34)/b21-15+. The second kappa shape index (κ2) is 11.5. The highest BCUT2D eigenvalue weighted by Gasteiger charge is 2.37. The fourth-order valence-corrected chi connectivity index (χ4v) is 5.35. The highest BCUT2D eigenvalue weighted by atomic mass is 32.1. The van der Waals surface area contributed by atoms with E-state index >= 15 is 0 Å². The molecule has 1 aromatic heterocycles. The molecule has 5 rings (SSSR count). The number of halogens is 3. The van der Waals surface area contributed by atoms with E-state index in [-0.39, 0.29) is 16.4 Å². The molecule has 38 heavy (non-hydrogen) atoms. The van der Waals surface area contributed by atoms with Crippen LogP contribution in [0.15, 0.2) is 53.9 Å². The van der Waals surface area contributed by atoms with Crippen molar-refractivity contribution >= 4 is 27.9 Å². The summed E-state index contributed by atoms with van der Waals surface area (Å²) in [6.45, 7) is 1.28. The van der Waals surface area contributed by atoms with Gasteiger partial charge in [-0.3, -0.25) is 10.1 Å². The summed E-state index contributed by atoms with van der Waals surface area (Å²) in [7, 11) is 0. The summed E-state index contributed by atoms with van der Waals surface area (Å²) in [4.78, 5) is 17.1. The highest BCUT2D eigenvalue weighted by Crippen LogP contribution is 2.39. The van der Waals surface area contributed by atoms with Gasteiger partial charge in [0.15, 0.2) is 16.6 Å². The first-order valence-electron chi connectivity index (χ1n) is 12.5. The number of allylic oxidation sites excluding steroid dienone is 1. The molecule has 0 unspecified atom stereocenters. The molecule has 200 valence electrons. The lowest BCUT2D eigenvalue weighted by molar-refractivity contribution is -0.112. The zero-order valence-corrected chi connectivity index (χ0v) is 21.4. The van der Waals surface area contributed by atoms with Crippen LogP contribution in [0.5, 0.6) is 17.2 Å². The second-order valence-electron chi connectivity index (χ2n) is 9.25. The summed E-state index contributed by atoms with van der Waals surface area (Å²) in [6.07, 6.45) is 1.21. The van der Waals surface area contributed by atoms with Crippen molar-refractivity contribution in [2.75, 3.05) is 25.1 Å². The van der Waals surface area contributed by atoms with E-state index in [1.165, 1.54) is 24.6 Å². The van der Waals surface area contributed by atoms with Crippen molar-refractivity contribution in [2.45, 2.75) is 38.3 Å². The van der Waals surface area contributed by atoms with Crippen molar-refractivity contribution < 1.29 is 32.2 Å². The minimum atomic E-state index is -4.76. The Morgan fingerprint density at radius 3 is 2.63 bits per heavy atom. The van der Waals surface area contributed by atoms with Crippen LogP contribution >= 0.6 is 11.3 Å². The first-order chi connectivity index (χ1) is 18.4. The molecule has 0 saturated heterocycles. The van der Waals surface area contributed by atoms with Gasteiger partial charge >= 0.3 is 6.18 Å². The Morgan fingerprint density at radius 2 is 1.84 bits per heavy atom. The van der Waals surface area contributed by atoms with Gasteiger partial charge < -0.3 is 14.2 Å². The molecule has 6 nitrogen and oxygen atoms in total. The molecule has 0 atom stereocenters. The molecule has 0 radical (unpaired) electrons. The number of carbonyl (C=O) groups is 1. The summed E-state index contributed by atoms with van der Waals surface area (Å²) < 4.78 is 59.3. The first kappa shape index (κ1) is 26.1. The molecular formula is C28H27F3N2O4S. The molecule has 0 bridgehead atoms. The summed E-state index contributed by atoms with van der Waals surface area (Å²) in [6, 6.07) is 11.3. The van der Waals surface area contributed by atoms with E-state index in [2.05, 4.69) is 10.3 Å². The Labute approximate surface area is 222 Å². The molecule has 3 aromatic rings. The average Bonchev–Trinajstić information content (AvgIpc) is 3.39. The predicted octanol–water partition coefficient (Wildman–Crippen LogP) is 7.12. The van der Waals surface area contributed by atoms with E-state index < -0.39 is 17.7 Å². The molecule has 1 fully saturated rings. The molecule has 1 aliphatic heterocycles. The van der Waals surface area contributed by atoms with Gasteiger partial charge in [0.1, 0.15) is 19.0 Å². The normalized spacial score (nSPS) is 16.2. The molecule has 2 aliphatic rings. The number of rotatable bonds is 7. The molecule has 0 spiro atoms. The molecule has 1 N–H and O–H groups in total. The second-order valence-corrected chi connectivity index (χ2v) is 10.1. The maximum absolute atomic E-state index is 14.1. The van der Waals surface area contributed by atoms with Crippen molar-refractivity contribution in [3.63, 3.8) is 0 Å². The smallest absolute Gasteiger partial charge is 0.417 e. The first-order valence-corrected chi connectivity index (χ1v) is 13.4. The topological polar surface area (TPSA) is 69.7 Å². The number of ether oxygens (including phenoxy) is 3. The van der Waals surface area contributed by atoms with Gasteiger partial charge in [-0.2, -0.15) is 13.2 Å². The van der Waals surface area contributed by atoms with E-state index in [0.717, 1.165) is 42.6 Å². The number of amides is 1. The minimum Gasteiger partial charge on any atom is -0.493 e. The third-order valence-corrected chi connectivity index (χ3v) is 7.29. The number of fused-ring (bicyclic) bond motifs is 1. The van der Waals surface area contributed by atoms with Crippen molar-refractivity contribution in [3.8, 4) is 28.5 Å². The van der Waals surface area contributed by atoms with Gasteiger partial charge in [0.25, 0.3) is 5.91 Å². The van der Waals surface area contributed by atoms with E-state index in [1.807, 2.05) is 0 Å². The number of alkyl halides is 3. The summed E-state index contributed by atoms with van der Waals surface area (Å²) in [5.74, 6) is 0.741. The molecule has 1 aliphatic carbocycles. The lowest BCUT2D eigenvalue weighted by atomic mass is 9.90. The molecular weight excluding hydrogens is 517 g/mol. The quantitative estimate of drug-likeness (QED) is 0.321. The van der Waals surface area contributed by atoms with Gasteiger partial charge in [-0.1, -0.05) is 37.5 Å². The van der Waals surface area contributed by atoms with E-state index in [1.54, 1.807) is 29.6 Å². The fraction of sp³-hybridized carbons (Fsp3) is 0.357. The third-order valence-electron chi connectivity index (χ3n) is 6.53. The number of benzene rings is 2. The molecule has 1 saturated carbocycles. The maximum Gasteiger partial charge on any atom is 0.417 e. The number of hydrogen-bond acceptors (Lipinski definition) is 6. The summed E-state index contributed by atoms with van der Waals surface area (Å²) in [5.41, 5.74) is 0.0604. The molecule has 1 amide bonds.